The van der Waals surface area contributed by atoms with Crippen LogP contribution in [0.5, 0.6) is 0 Å². The Morgan fingerprint density at radius 1 is 1.45 bits per heavy atom. The van der Waals surface area contributed by atoms with E-state index in [2.05, 4.69) is 4.74 Å². The minimum atomic E-state index is -0.483. The molecule has 0 spiro atoms. The number of carbonyl (C=O) groups is 2. The average molecular weight is 154 g/mol. The van der Waals surface area contributed by atoms with Crippen LogP contribution in [0.2, 0.25) is 0 Å². The summed E-state index contributed by atoms with van der Waals surface area (Å²) in [5.74, 6) is -0.644. The Hall–Kier alpha value is -1.12. The van der Waals surface area contributed by atoms with Crippen LogP contribution in [0.1, 0.15) is 20.3 Å². The van der Waals surface area contributed by atoms with Gasteiger partial charge in [-0.15, -0.1) is 0 Å². The number of cyclic esters (lactones) is 2. The van der Waals surface area contributed by atoms with E-state index in [0.29, 0.717) is 5.57 Å². The van der Waals surface area contributed by atoms with Gasteiger partial charge in [-0.2, -0.15) is 0 Å². The first kappa shape index (κ1) is 7.98. The molecule has 60 valence electrons. The molecule has 0 saturated carbocycles. The maximum Gasteiger partial charge on any atom is 0.341 e. The second-order valence-corrected chi connectivity index (χ2v) is 2.87. The van der Waals surface area contributed by atoms with E-state index in [9.17, 15) is 9.59 Å². The summed E-state index contributed by atoms with van der Waals surface area (Å²) < 4.78 is 4.33. The summed E-state index contributed by atoms with van der Waals surface area (Å²) in [7, 11) is 0. The van der Waals surface area contributed by atoms with Gasteiger partial charge in [-0.05, 0) is 5.92 Å². The van der Waals surface area contributed by atoms with Gasteiger partial charge in [0.15, 0.2) is 0 Å². The van der Waals surface area contributed by atoms with Crippen LogP contribution >= 0.6 is 0 Å². The Balaban J connectivity index is 2.75. The fourth-order valence-electron chi connectivity index (χ4n) is 0.962. The van der Waals surface area contributed by atoms with E-state index in [0.717, 1.165) is 0 Å². The second-order valence-electron chi connectivity index (χ2n) is 2.87. The van der Waals surface area contributed by atoms with Crippen molar-refractivity contribution in [1.82, 2.24) is 0 Å². The van der Waals surface area contributed by atoms with Crippen molar-refractivity contribution in [3.63, 3.8) is 0 Å². The molecule has 0 aromatic carbocycles. The highest BCUT2D eigenvalue weighted by molar-refractivity contribution is 6.05. The van der Waals surface area contributed by atoms with Gasteiger partial charge in [-0.25, -0.2) is 4.79 Å². The number of ether oxygens (including phenoxy) is 1. The Kier molecular flexibility index (Phi) is 2.08. The third-order valence-corrected chi connectivity index (χ3v) is 1.34. The Morgan fingerprint density at radius 3 is 2.45 bits per heavy atom. The molecule has 0 N–H and O–H groups in total. The van der Waals surface area contributed by atoms with Crippen molar-refractivity contribution in [2.45, 2.75) is 20.3 Å². The smallest absolute Gasteiger partial charge is 0.341 e. The van der Waals surface area contributed by atoms with Crippen molar-refractivity contribution in [1.29, 1.82) is 0 Å². The van der Waals surface area contributed by atoms with E-state index < -0.39 is 11.9 Å². The van der Waals surface area contributed by atoms with Gasteiger partial charge in [0.1, 0.15) is 0 Å². The Bertz CT molecular complexity index is 225. The molecule has 0 aromatic heterocycles. The van der Waals surface area contributed by atoms with Crippen molar-refractivity contribution in [2.75, 3.05) is 0 Å². The van der Waals surface area contributed by atoms with E-state index in [1.807, 2.05) is 13.8 Å². The number of esters is 2. The van der Waals surface area contributed by atoms with Gasteiger partial charge < -0.3 is 4.74 Å². The fourth-order valence-corrected chi connectivity index (χ4v) is 0.962. The van der Waals surface area contributed by atoms with E-state index in [1.54, 1.807) is 6.08 Å². The summed E-state index contributed by atoms with van der Waals surface area (Å²) in [5.41, 5.74) is 0.491. The third-order valence-electron chi connectivity index (χ3n) is 1.34. The molecule has 3 nitrogen and oxygen atoms in total. The normalized spacial score (nSPS) is 21.5. The van der Waals surface area contributed by atoms with Gasteiger partial charge >= 0.3 is 11.9 Å². The monoisotopic (exact) mass is 154 g/mol. The first-order valence-corrected chi connectivity index (χ1v) is 3.55. The summed E-state index contributed by atoms with van der Waals surface area (Å²) >= 11 is 0. The molecule has 1 aliphatic heterocycles. The maximum absolute atomic E-state index is 10.8. The zero-order valence-electron chi connectivity index (χ0n) is 6.59. The van der Waals surface area contributed by atoms with Crippen LogP contribution < -0.4 is 0 Å². The Morgan fingerprint density at radius 2 is 2.09 bits per heavy atom. The standard InChI is InChI=1S/C8H10O3/c1-5(2)3-6-4-7(9)11-8(6)10/h3,5H,4H2,1-2H3/b6-3+. The van der Waals surface area contributed by atoms with Gasteiger partial charge in [0.25, 0.3) is 0 Å². The van der Waals surface area contributed by atoms with E-state index in [-0.39, 0.29) is 12.3 Å². The van der Waals surface area contributed by atoms with E-state index in [4.69, 9.17) is 0 Å². The topological polar surface area (TPSA) is 43.4 Å². The lowest BCUT2D eigenvalue weighted by atomic mass is 10.1. The van der Waals surface area contributed by atoms with E-state index in [1.165, 1.54) is 0 Å². The number of hydrogen-bond acceptors (Lipinski definition) is 3. The van der Waals surface area contributed by atoms with Crippen molar-refractivity contribution in [2.24, 2.45) is 5.92 Å². The van der Waals surface area contributed by atoms with Gasteiger partial charge in [0.2, 0.25) is 0 Å². The molecule has 0 aliphatic carbocycles. The summed E-state index contributed by atoms with van der Waals surface area (Å²) in [6.45, 7) is 3.89. The fraction of sp³-hybridized carbons (Fsp3) is 0.500. The van der Waals surface area contributed by atoms with Crippen molar-refractivity contribution < 1.29 is 14.3 Å². The molecular formula is C8H10O3. The predicted molar refractivity (Wildman–Crippen MR) is 38.6 cm³/mol. The maximum atomic E-state index is 10.8. The molecular weight excluding hydrogens is 144 g/mol. The SMILES string of the molecule is CC(C)/C=C1\CC(=O)OC1=O. The number of rotatable bonds is 1. The van der Waals surface area contributed by atoms with Crippen LogP contribution in [-0.2, 0) is 14.3 Å². The summed E-state index contributed by atoms with van der Waals surface area (Å²) in [4.78, 5) is 21.4. The second kappa shape index (κ2) is 2.86. The van der Waals surface area contributed by atoms with Gasteiger partial charge in [-0.3, -0.25) is 4.79 Å². The first-order valence-electron chi connectivity index (χ1n) is 3.55. The molecule has 3 heteroatoms. The number of carbonyl (C=O) groups excluding carboxylic acids is 2. The molecule has 1 aliphatic rings. The number of hydrogen-bond donors (Lipinski definition) is 0. The minimum Gasteiger partial charge on any atom is -0.389 e. The van der Waals surface area contributed by atoms with Crippen LogP contribution in [0, 0.1) is 5.92 Å². The zero-order valence-corrected chi connectivity index (χ0v) is 6.59. The lowest BCUT2D eigenvalue weighted by molar-refractivity contribution is -0.151. The minimum absolute atomic E-state index is 0.136. The van der Waals surface area contributed by atoms with Gasteiger partial charge in [-0.1, -0.05) is 19.9 Å². The lowest BCUT2D eigenvalue weighted by Crippen LogP contribution is -1.97. The average Bonchev–Trinajstić information content (AvgIpc) is 2.09. The number of allylic oxidation sites excluding steroid dienone is 1. The quantitative estimate of drug-likeness (QED) is 0.322. The van der Waals surface area contributed by atoms with Crippen molar-refractivity contribution >= 4 is 11.9 Å². The summed E-state index contributed by atoms with van der Waals surface area (Å²) in [5, 5.41) is 0. The van der Waals surface area contributed by atoms with Crippen LogP contribution in [0.4, 0.5) is 0 Å². The van der Waals surface area contributed by atoms with Crippen molar-refractivity contribution in [3.05, 3.63) is 11.6 Å². The van der Waals surface area contributed by atoms with Crippen LogP contribution in [0.3, 0.4) is 0 Å². The molecule has 0 unspecified atom stereocenters. The first-order chi connectivity index (χ1) is 5.09. The molecule has 0 radical (unpaired) electrons. The largest absolute Gasteiger partial charge is 0.389 e. The summed E-state index contributed by atoms with van der Waals surface area (Å²) in [6.07, 6.45) is 1.89. The molecule has 0 aromatic rings. The molecule has 0 amide bonds. The highest BCUT2D eigenvalue weighted by Crippen LogP contribution is 2.16. The zero-order chi connectivity index (χ0) is 8.43. The lowest BCUT2D eigenvalue weighted by Gasteiger charge is -1.94. The van der Waals surface area contributed by atoms with Gasteiger partial charge in [0.05, 0.1) is 6.42 Å². The van der Waals surface area contributed by atoms with Crippen LogP contribution in [-0.4, -0.2) is 11.9 Å². The molecule has 0 bridgehead atoms. The van der Waals surface area contributed by atoms with Crippen LogP contribution in [0.15, 0.2) is 11.6 Å². The third kappa shape index (κ3) is 1.90. The highest BCUT2D eigenvalue weighted by Gasteiger charge is 2.26. The van der Waals surface area contributed by atoms with Gasteiger partial charge in [0, 0.05) is 5.57 Å². The molecule has 1 rings (SSSR count). The van der Waals surface area contributed by atoms with Crippen molar-refractivity contribution in [3.8, 4) is 0 Å². The molecule has 11 heavy (non-hydrogen) atoms. The highest BCUT2D eigenvalue weighted by atomic mass is 16.6. The molecule has 1 heterocycles. The molecule has 1 saturated heterocycles. The van der Waals surface area contributed by atoms with Crippen LogP contribution in [0.25, 0.3) is 0 Å². The predicted octanol–water partition coefficient (Wildman–Crippen LogP) is 1.04. The Labute approximate surface area is 65.0 Å². The molecule has 0 atom stereocenters. The van der Waals surface area contributed by atoms with E-state index >= 15 is 0 Å². The summed E-state index contributed by atoms with van der Waals surface area (Å²) in [6, 6.07) is 0. The molecule has 1 fully saturated rings.